The van der Waals surface area contributed by atoms with E-state index in [1.54, 1.807) is 13.8 Å². The first-order valence-corrected chi connectivity index (χ1v) is 3.54. The number of ketones is 1. The molecule has 0 N–H and O–H groups in total. The highest BCUT2D eigenvalue weighted by Crippen LogP contribution is 2.15. The van der Waals surface area contributed by atoms with Crippen LogP contribution in [0.3, 0.4) is 0 Å². The van der Waals surface area contributed by atoms with Gasteiger partial charge < -0.3 is 4.79 Å². The van der Waals surface area contributed by atoms with Gasteiger partial charge in [0.25, 0.3) is 0 Å². The number of aldehydes is 1. The van der Waals surface area contributed by atoms with Crippen molar-refractivity contribution >= 4 is 12.1 Å². The van der Waals surface area contributed by atoms with Crippen molar-refractivity contribution in [2.75, 3.05) is 0 Å². The zero-order chi connectivity index (χ0) is 8.20. The second-order valence-electron chi connectivity index (χ2n) is 3.01. The van der Waals surface area contributed by atoms with E-state index in [2.05, 4.69) is 0 Å². The molecular weight excluding hydrogens is 128 g/mol. The van der Waals surface area contributed by atoms with E-state index in [-0.39, 0.29) is 5.78 Å². The molecule has 0 bridgehead atoms. The van der Waals surface area contributed by atoms with Crippen LogP contribution in [-0.2, 0) is 9.59 Å². The Bertz CT molecular complexity index is 136. The first-order chi connectivity index (χ1) is 4.54. The third-order valence-corrected chi connectivity index (χ3v) is 1.49. The van der Waals surface area contributed by atoms with Gasteiger partial charge >= 0.3 is 0 Å². The largest absolute Gasteiger partial charge is 0.302 e. The van der Waals surface area contributed by atoms with Crippen LogP contribution in [0.25, 0.3) is 0 Å². The average Bonchev–Trinajstić information content (AvgIpc) is 1.89. The van der Waals surface area contributed by atoms with E-state index in [9.17, 15) is 9.59 Å². The van der Waals surface area contributed by atoms with E-state index < -0.39 is 5.41 Å². The number of rotatable bonds is 4. The van der Waals surface area contributed by atoms with E-state index in [4.69, 9.17) is 0 Å². The first kappa shape index (κ1) is 9.34. The van der Waals surface area contributed by atoms with Crippen LogP contribution < -0.4 is 0 Å². The Kier molecular flexibility index (Phi) is 3.26. The van der Waals surface area contributed by atoms with Gasteiger partial charge in [-0.2, -0.15) is 0 Å². The molecule has 0 aliphatic carbocycles. The van der Waals surface area contributed by atoms with Crippen LogP contribution in [0.5, 0.6) is 0 Å². The fourth-order valence-electron chi connectivity index (χ4n) is 0.615. The van der Waals surface area contributed by atoms with Crippen LogP contribution in [0.15, 0.2) is 0 Å². The Labute approximate surface area is 61.6 Å². The third-order valence-electron chi connectivity index (χ3n) is 1.49. The molecule has 2 heteroatoms. The second-order valence-corrected chi connectivity index (χ2v) is 3.01. The first-order valence-electron chi connectivity index (χ1n) is 3.54. The van der Waals surface area contributed by atoms with Crippen LogP contribution >= 0.6 is 0 Å². The summed E-state index contributed by atoms with van der Waals surface area (Å²) in [6, 6.07) is 0. The number of hydrogen-bond donors (Lipinski definition) is 0. The predicted octanol–water partition coefficient (Wildman–Crippen LogP) is 1.58. The molecule has 0 spiro atoms. The van der Waals surface area contributed by atoms with Crippen LogP contribution in [0.2, 0.25) is 0 Å². The van der Waals surface area contributed by atoms with Crippen molar-refractivity contribution in [2.24, 2.45) is 5.41 Å². The van der Waals surface area contributed by atoms with E-state index in [0.29, 0.717) is 12.7 Å². The molecule has 0 saturated heterocycles. The summed E-state index contributed by atoms with van der Waals surface area (Å²) in [5.41, 5.74) is -0.768. The Hall–Kier alpha value is -0.660. The van der Waals surface area contributed by atoms with Gasteiger partial charge in [-0.3, -0.25) is 4.79 Å². The highest BCUT2D eigenvalue weighted by molar-refractivity contribution is 5.97. The van der Waals surface area contributed by atoms with Gasteiger partial charge in [0.1, 0.15) is 12.1 Å². The van der Waals surface area contributed by atoms with Gasteiger partial charge in [-0.15, -0.1) is 0 Å². The molecule has 2 nitrogen and oxygen atoms in total. The summed E-state index contributed by atoms with van der Waals surface area (Å²) in [6.45, 7) is 5.23. The van der Waals surface area contributed by atoms with Crippen molar-refractivity contribution in [3.05, 3.63) is 0 Å². The summed E-state index contributed by atoms with van der Waals surface area (Å²) in [5, 5.41) is 0. The molecule has 0 rings (SSSR count). The summed E-state index contributed by atoms with van der Waals surface area (Å²) in [7, 11) is 0. The topological polar surface area (TPSA) is 34.1 Å². The van der Waals surface area contributed by atoms with E-state index in [0.717, 1.165) is 6.42 Å². The number of Topliss-reactive ketones (excluding diaryl/α,β-unsaturated/α-hetero) is 1. The lowest BCUT2D eigenvalue weighted by atomic mass is 9.88. The van der Waals surface area contributed by atoms with Crippen LogP contribution in [0, 0.1) is 5.41 Å². The normalized spacial score (nSPS) is 11.1. The molecule has 0 heterocycles. The summed E-state index contributed by atoms with van der Waals surface area (Å²) in [4.78, 5) is 21.4. The highest BCUT2D eigenvalue weighted by Gasteiger charge is 2.24. The summed E-state index contributed by atoms with van der Waals surface area (Å²) in [6.07, 6.45) is 2.03. The van der Waals surface area contributed by atoms with Crippen LogP contribution in [-0.4, -0.2) is 12.1 Å². The van der Waals surface area contributed by atoms with Gasteiger partial charge in [-0.05, 0) is 20.3 Å². The maximum Gasteiger partial charge on any atom is 0.145 e. The molecule has 0 radical (unpaired) electrons. The average molecular weight is 142 g/mol. The SMILES string of the molecule is CCCC(=O)C(C)(C)C=O. The van der Waals surface area contributed by atoms with Crippen molar-refractivity contribution in [3.63, 3.8) is 0 Å². The predicted molar refractivity (Wildman–Crippen MR) is 39.8 cm³/mol. The molecule has 0 unspecified atom stereocenters. The minimum absolute atomic E-state index is 0.0324. The summed E-state index contributed by atoms with van der Waals surface area (Å²) >= 11 is 0. The Morgan fingerprint density at radius 3 is 2.30 bits per heavy atom. The van der Waals surface area contributed by atoms with Crippen molar-refractivity contribution in [1.29, 1.82) is 0 Å². The molecule has 0 aromatic carbocycles. The minimum Gasteiger partial charge on any atom is -0.302 e. The summed E-state index contributed by atoms with van der Waals surface area (Å²) < 4.78 is 0. The van der Waals surface area contributed by atoms with Gasteiger partial charge in [-0.1, -0.05) is 6.92 Å². The second kappa shape index (κ2) is 3.49. The van der Waals surface area contributed by atoms with Gasteiger partial charge in [0.15, 0.2) is 0 Å². The fourth-order valence-corrected chi connectivity index (χ4v) is 0.615. The van der Waals surface area contributed by atoms with Crippen molar-refractivity contribution in [1.82, 2.24) is 0 Å². The number of carbonyl (C=O) groups is 2. The minimum atomic E-state index is -0.768. The zero-order valence-electron chi connectivity index (χ0n) is 6.81. The molecule has 0 aliphatic heterocycles. The zero-order valence-corrected chi connectivity index (χ0v) is 6.81. The molecule has 58 valence electrons. The van der Waals surface area contributed by atoms with E-state index >= 15 is 0 Å². The maximum atomic E-state index is 11.1. The lowest BCUT2D eigenvalue weighted by Crippen LogP contribution is -2.25. The fraction of sp³-hybridized carbons (Fsp3) is 0.750. The monoisotopic (exact) mass is 142 g/mol. The molecule has 0 amide bonds. The highest BCUT2D eigenvalue weighted by atomic mass is 16.1. The molecule has 0 aromatic rings. The lowest BCUT2D eigenvalue weighted by Gasteiger charge is -2.13. The van der Waals surface area contributed by atoms with Crippen LogP contribution in [0.4, 0.5) is 0 Å². The Morgan fingerprint density at radius 1 is 1.50 bits per heavy atom. The molecule has 0 aliphatic rings. The third kappa shape index (κ3) is 2.29. The van der Waals surface area contributed by atoms with Gasteiger partial charge in [0, 0.05) is 6.42 Å². The Morgan fingerprint density at radius 2 is 2.00 bits per heavy atom. The molecular formula is C8H14O2. The number of hydrogen-bond acceptors (Lipinski definition) is 2. The van der Waals surface area contributed by atoms with Crippen LogP contribution in [0.1, 0.15) is 33.6 Å². The molecule has 0 atom stereocenters. The van der Waals surface area contributed by atoms with E-state index in [1.807, 2.05) is 6.92 Å². The standard InChI is InChI=1S/C8H14O2/c1-4-5-7(10)8(2,3)6-9/h6H,4-5H2,1-3H3. The molecule has 0 saturated carbocycles. The molecule has 10 heavy (non-hydrogen) atoms. The quantitative estimate of drug-likeness (QED) is 0.441. The van der Waals surface area contributed by atoms with Crippen molar-refractivity contribution < 1.29 is 9.59 Å². The number of carbonyl (C=O) groups excluding carboxylic acids is 2. The van der Waals surface area contributed by atoms with Crippen molar-refractivity contribution in [3.8, 4) is 0 Å². The van der Waals surface area contributed by atoms with Gasteiger partial charge in [0.05, 0.1) is 5.41 Å². The summed E-state index contributed by atoms with van der Waals surface area (Å²) in [5.74, 6) is 0.0324. The molecule has 0 aromatic heterocycles. The smallest absolute Gasteiger partial charge is 0.145 e. The van der Waals surface area contributed by atoms with E-state index in [1.165, 1.54) is 0 Å². The maximum absolute atomic E-state index is 11.1. The lowest BCUT2D eigenvalue weighted by molar-refractivity contribution is -0.132. The molecule has 0 fully saturated rings. The van der Waals surface area contributed by atoms with Gasteiger partial charge in [-0.25, -0.2) is 0 Å². The van der Waals surface area contributed by atoms with Gasteiger partial charge in [0.2, 0.25) is 0 Å². The van der Waals surface area contributed by atoms with Crippen molar-refractivity contribution in [2.45, 2.75) is 33.6 Å². The Balaban J connectivity index is 4.04.